The van der Waals surface area contributed by atoms with Crippen molar-refractivity contribution in [3.8, 4) is 0 Å². The first-order valence-corrected chi connectivity index (χ1v) is 17.6. The van der Waals surface area contributed by atoms with Crippen molar-refractivity contribution in [1.29, 1.82) is 0 Å². The van der Waals surface area contributed by atoms with Crippen molar-refractivity contribution in [2.24, 2.45) is 68.3 Å². The third kappa shape index (κ3) is 4.42. The number of hydrogen-bond acceptors (Lipinski definition) is 5. The zero-order valence-corrected chi connectivity index (χ0v) is 28.5. The summed E-state index contributed by atoms with van der Waals surface area (Å²) in [5.41, 5.74) is 7.53. The molecule has 2 bridgehead atoms. The van der Waals surface area contributed by atoms with E-state index in [1.54, 1.807) is 5.57 Å². The van der Waals surface area contributed by atoms with Gasteiger partial charge in [0.2, 0.25) is 0 Å². The van der Waals surface area contributed by atoms with Crippen LogP contribution in [0.4, 0.5) is 0 Å². The molecule has 3 saturated carbocycles. The van der Waals surface area contributed by atoms with E-state index >= 15 is 0 Å². The first-order chi connectivity index (χ1) is 20.1. The average molecular weight is 600 g/mol. The maximum atomic E-state index is 13.3. The summed E-state index contributed by atoms with van der Waals surface area (Å²) in [5.74, 6) is 1.20. The molecule has 0 amide bonds. The number of hydrogen-bond donors (Lipinski definition) is 2. The SMILES string of the molecule is CC(C)[C@@H](C)[C@@]1(C)CC[C@]2(C)[C@H]3CC[C@@H]4[C@@]5(COC[C@]4(C)[C@@H](OCC4(N)CCOCC4)[C@H](C)C5)C3=CC[C@@]2(C)[C@@H]1C(=O)O. The molecule has 2 saturated heterocycles. The monoisotopic (exact) mass is 599 g/mol. The highest BCUT2D eigenvalue weighted by Crippen LogP contribution is 2.75. The van der Waals surface area contributed by atoms with Crippen molar-refractivity contribution in [3.63, 3.8) is 0 Å². The van der Waals surface area contributed by atoms with E-state index in [4.69, 9.17) is 19.9 Å². The number of ether oxygens (including phenoxy) is 3. The average Bonchev–Trinajstić information content (AvgIpc) is 2.93. The van der Waals surface area contributed by atoms with Crippen molar-refractivity contribution in [3.05, 3.63) is 11.6 Å². The van der Waals surface area contributed by atoms with E-state index in [9.17, 15) is 9.90 Å². The van der Waals surface area contributed by atoms with Gasteiger partial charge < -0.3 is 25.1 Å². The molecule has 6 nitrogen and oxygen atoms in total. The smallest absolute Gasteiger partial charge is 0.307 e. The lowest BCUT2D eigenvalue weighted by molar-refractivity contribution is -0.253. The molecular weight excluding hydrogens is 538 g/mol. The Kier molecular flexibility index (Phi) is 7.84. The Hall–Kier alpha value is -0.950. The molecule has 0 aromatic heterocycles. The zero-order valence-electron chi connectivity index (χ0n) is 28.5. The molecule has 6 rings (SSSR count). The molecule has 43 heavy (non-hydrogen) atoms. The Labute approximate surface area is 261 Å². The predicted molar refractivity (Wildman–Crippen MR) is 169 cm³/mol. The Balaban J connectivity index is 1.34. The van der Waals surface area contributed by atoms with Gasteiger partial charge in [-0.15, -0.1) is 0 Å². The second kappa shape index (κ2) is 10.5. The molecule has 2 heterocycles. The number of aliphatic carboxylic acids is 1. The van der Waals surface area contributed by atoms with Crippen molar-refractivity contribution in [2.75, 3.05) is 33.0 Å². The number of carboxylic acids is 1. The van der Waals surface area contributed by atoms with Gasteiger partial charge in [-0.3, -0.25) is 4.79 Å². The minimum Gasteiger partial charge on any atom is -0.481 e. The van der Waals surface area contributed by atoms with Crippen molar-refractivity contribution in [1.82, 2.24) is 0 Å². The van der Waals surface area contributed by atoms with Gasteiger partial charge in [0.05, 0.1) is 31.8 Å². The highest BCUT2D eigenvalue weighted by atomic mass is 16.5. The lowest BCUT2D eigenvalue weighted by atomic mass is 9.34. The standard InChI is InChI=1S/C37H61NO5/c1-23(2)25(4)32(5)13-14-34(7)26-9-10-28-33(6)20-42-22-37(28,27(26)11-12-35(34,8)29(32)31(39)40)19-24(3)30(33)43-21-36(38)15-17-41-18-16-36/h11,23-26,28-30H,9-10,12-22,38H2,1-8H3,(H,39,40)/t24-,25-,26+,28+,29-,30+,32-,33+,34-,35+,37+/m1/s1. The summed E-state index contributed by atoms with van der Waals surface area (Å²) in [6.07, 6.45) is 10.7. The second-order valence-electron chi connectivity index (χ2n) is 17.7. The highest BCUT2D eigenvalue weighted by Gasteiger charge is 2.71. The maximum absolute atomic E-state index is 13.3. The molecule has 0 aromatic rings. The number of rotatable bonds is 6. The molecule has 2 aliphatic heterocycles. The van der Waals surface area contributed by atoms with Crippen LogP contribution in [0.3, 0.4) is 0 Å². The van der Waals surface area contributed by atoms with E-state index in [-0.39, 0.29) is 44.6 Å². The fourth-order valence-electron chi connectivity index (χ4n) is 12.6. The molecule has 0 radical (unpaired) electrons. The maximum Gasteiger partial charge on any atom is 0.307 e. The van der Waals surface area contributed by atoms with Gasteiger partial charge in [-0.25, -0.2) is 0 Å². The van der Waals surface area contributed by atoms with Gasteiger partial charge in [0.1, 0.15) is 0 Å². The minimum absolute atomic E-state index is 0.0172. The van der Waals surface area contributed by atoms with Crippen LogP contribution in [-0.4, -0.2) is 55.8 Å². The van der Waals surface area contributed by atoms with E-state index in [2.05, 4.69) is 61.5 Å². The molecule has 5 fully saturated rings. The molecule has 244 valence electrons. The summed E-state index contributed by atoms with van der Waals surface area (Å²) in [5, 5.41) is 10.9. The third-order valence-electron chi connectivity index (χ3n) is 15.4. The van der Waals surface area contributed by atoms with Gasteiger partial charge in [-0.2, -0.15) is 0 Å². The Morgan fingerprint density at radius 2 is 1.72 bits per heavy atom. The van der Waals surface area contributed by atoms with Crippen LogP contribution in [0.1, 0.15) is 107 Å². The van der Waals surface area contributed by atoms with E-state index in [1.807, 2.05) is 0 Å². The molecule has 6 aliphatic rings. The number of carbonyl (C=O) groups is 1. The van der Waals surface area contributed by atoms with Crippen LogP contribution < -0.4 is 5.73 Å². The Morgan fingerprint density at radius 1 is 1.02 bits per heavy atom. The summed E-state index contributed by atoms with van der Waals surface area (Å²) >= 11 is 0. The molecule has 0 aromatic carbocycles. The molecule has 3 N–H and O–H groups in total. The number of carboxylic acid groups (broad SMARTS) is 1. The second-order valence-corrected chi connectivity index (χ2v) is 17.7. The van der Waals surface area contributed by atoms with Crippen LogP contribution in [0.2, 0.25) is 0 Å². The van der Waals surface area contributed by atoms with Crippen LogP contribution in [-0.2, 0) is 19.0 Å². The minimum atomic E-state index is -0.589. The van der Waals surface area contributed by atoms with Gasteiger partial charge in [0.15, 0.2) is 0 Å². The quantitative estimate of drug-likeness (QED) is 0.317. The largest absolute Gasteiger partial charge is 0.481 e. The van der Waals surface area contributed by atoms with E-state index in [0.29, 0.717) is 36.2 Å². The lowest BCUT2D eigenvalue weighted by Gasteiger charge is -2.71. The number of allylic oxidation sites excluding steroid dienone is 1. The van der Waals surface area contributed by atoms with Crippen molar-refractivity contribution < 1.29 is 24.1 Å². The summed E-state index contributed by atoms with van der Waals surface area (Å²) in [4.78, 5) is 13.3. The third-order valence-corrected chi connectivity index (χ3v) is 15.4. The topological polar surface area (TPSA) is 91.0 Å². The van der Waals surface area contributed by atoms with Crippen molar-refractivity contribution >= 4 is 5.97 Å². The van der Waals surface area contributed by atoms with E-state index in [1.165, 1.54) is 6.42 Å². The number of nitrogens with two attached hydrogens (primary N) is 1. The van der Waals surface area contributed by atoms with Crippen LogP contribution >= 0.6 is 0 Å². The summed E-state index contributed by atoms with van der Waals surface area (Å²) in [6.45, 7) is 22.4. The first kappa shape index (κ1) is 32.0. The Bertz CT molecular complexity index is 1130. The predicted octanol–water partition coefficient (Wildman–Crippen LogP) is 7.10. The molecule has 6 heteroatoms. The van der Waals surface area contributed by atoms with Crippen molar-refractivity contribution in [2.45, 2.75) is 118 Å². The van der Waals surface area contributed by atoms with Crippen LogP contribution in [0.15, 0.2) is 11.6 Å². The van der Waals surface area contributed by atoms with Gasteiger partial charge in [-0.1, -0.05) is 67.0 Å². The van der Waals surface area contributed by atoms with E-state index < -0.39 is 5.97 Å². The highest BCUT2D eigenvalue weighted by molar-refractivity contribution is 5.73. The Morgan fingerprint density at radius 3 is 2.37 bits per heavy atom. The number of fused-ring (bicyclic) bond motifs is 3. The van der Waals surface area contributed by atoms with Crippen LogP contribution in [0.25, 0.3) is 0 Å². The molecule has 4 aliphatic carbocycles. The van der Waals surface area contributed by atoms with Gasteiger partial charge in [-0.05, 0) is 97.2 Å². The van der Waals surface area contributed by atoms with Crippen LogP contribution in [0.5, 0.6) is 0 Å². The van der Waals surface area contributed by atoms with Gasteiger partial charge in [0.25, 0.3) is 0 Å². The molecule has 0 unspecified atom stereocenters. The fourth-order valence-corrected chi connectivity index (χ4v) is 12.6. The van der Waals surface area contributed by atoms with E-state index in [0.717, 1.165) is 71.4 Å². The summed E-state index contributed by atoms with van der Waals surface area (Å²) < 4.78 is 19.1. The lowest BCUT2D eigenvalue weighted by Crippen LogP contribution is -2.69. The molecule has 11 atom stereocenters. The first-order valence-electron chi connectivity index (χ1n) is 17.6. The van der Waals surface area contributed by atoms with Gasteiger partial charge in [0, 0.05) is 29.6 Å². The molecular formula is C37H61NO5. The molecule has 0 spiro atoms. The van der Waals surface area contributed by atoms with Crippen LogP contribution in [0, 0.1) is 62.6 Å². The zero-order chi connectivity index (χ0) is 31.2. The summed E-state index contributed by atoms with van der Waals surface area (Å²) in [7, 11) is 0. The normalized spacial score (nSPS) is 49.7. The summed E-state index contributed by atoms with van der Waals surface area (Å²) in [6, 6.07) is 0. The fraction of sp³-hybridized carbons (Fsp3) is 0.919. The van der Waals surface area contributed by atoms with Gasteiger partial charge >= 0.3 is 5.97 Å².